The van der Waals surface area contributed by atoms with Crippen LogP contribution in [0.4, 0.5) is 14.5 Å². The number of hydrogen-bond donors (Lipinski definition) is 2. The molecule has 2 aliphatic heterocycles. The van der Waals surface area contributed by atoms with Crippen LogP contribution in [0.15, 0.2) is 42.6 Å². The molecule has 2 bridgehead atoms. The largest absolute Gasteiger partial charge is 0.505 e. The summed E-state index contributed by atoms with van der Waals surface area (Å²) in [5.41, 5.74) is 1.85. The van der Waals surface area contributed by atoms with Crippen molar-refractivity contribution in [1.29, 1.82) is 0 Å². The van der Waals surface area contributed by atoms with Gasteiger partial charge in [-0.25, -0.2) is 8.78 Å². The van der Waals surface area contributed by atoms with Gasteiger partial charge >= 0.3 is 0 Å². The number of phenols is 1. The maximum absolute atomic E-state index is 14.7. The number of benzene rings is 2. The smallest absolute Gasteiger partial charge is 0.247 e. The predicted molar refractivity (Wildman–Crippen MR) is 151 cm³/mol. The Labute approximate surface area is 244 Å². The second kappa shape index (κ2) is 11.4. The summed E-state index contributed by atoms with van der Waals surface area (Å²) < 4.78 is 29.2. The van der Waals surface area contributed by atoms with Crippen molar-refractivity contribution < 1.29 is 23.5 Å². The van der Waals surface area contributed by atoms with Gasteiger partial charge in [0, 0.05) is 30.3 Å². The van der Waals surface area contributed by atoms with Crippen molar-refractivity contribution in [2.24, 2.45) is 5.92 Å². The van der Waals surface area contributed by atoms with E-state index < -0.39 is 29.5 Å². The van der Waals surface area contributed by atoms with Gasteiger partial charge in [-0.2, -0.15) is 0 Å². The molecule has 0 saturated carbocycles. The van der Waals surface area contributed by atoms with Gasteiger partial charge in [-0.1, -0.05) is 48.1 Å². The molecule has 6 nitrogen and oxygen atoms in total. The first-order chi connectivity index (χ1) is 19.1. The molecule has 11 heteroatoms. The van der Waals surface area contributed by atoms with E-state index in [-0.39, 0.29) is 56.5 Å². The minimum Gasteiger partial charge on any atom is -0.505 e. The van der Waals surface area contributed by atoms with E-state index in [1.54, 1.807) is 30.2 Å². The number of nitrogens with one attached hydrogen (secondary N) is 1. The van der Waals surface area contributed by atoms with Crippen molar-refractivity contribution in [3.8, 4) is 16.9 Å². The number of carbonyl (C=O) groups is 2. The van der Waals surface area contributed by atoms with E-state index >= 15 is 0 Å². The lowest BCUT2D eigenvalue weighted by Gasteiger charge is -2.34. The minimum atomic E-state index is -0.899. The van der Waals surface area contributed by atoms with E-state index in [4.69, 9.17) is 34.8 Å². The average Bonchev–Trinajstić information content (AvgIpc) is 2.93. The van der Waals surface area contributed by atoms with E-state index in [1.807, 2.05) is 0 Å². The van der Waals surface area contributed by atoms with Crippen LogP contribution in [-0.2, 0) is 9.59 Å². The third kappa shape index (κ3) is 5.28. The van der Waals surface area contributed by atoms with Gasteiger partial charge in [-0.15, -0.1) is 0 Å². The number of halogens is 5. The first-order valence-corrected chi connectivity index (χ1v) is 13.8. The lowest BCUT2D eigenvalue weighted by Crippen LogP contribution is -2.38. The van der Waals surface area contributed by atoms with Crippen LogP contribution >= 0.6 is 34.8 Å². The van der Waals surface area contributed by atoms with Gasteiger partial charge in [0.1, 0.15) is 10.8 Å². The molecule has 5 rings (SSSR count). The Kier molecular flexibility index (Phi) is 8.04. The van der Waals surface area contributed by atoms with Crippen LogP contribution in [0.1, 0.15) is 49.9 Å². The van der Waals surface area contributed by atoms with E-state index in [0.29, 0.717) is 36.1 Å². The number of hydrogen-bond acceptors (Lipinski definition) is 4. The van der Waals surface area contributed by atoms with Crippen molar-refractivity contribution in [1.82, 2.24) is 9.88 Å². The van der Waals surface area contributed by atoms with Crippen LogP contribution in [-0.4, -0.2) is 33.3 Å². The SMILES string of the molecule is CC1CCC[C@H](N2CCC(c3c(F)ccc(Cl)c3F)=CC2=O)c2cc(ccn2)-c2cc(Cl)c(O)c(Cl)c2NC1=O. The predicted octanol–water partition coefficient (Wildman–Crippen LogP) is 7.81. The summed E-state index contributed by atoms with van der Waals surface area (Å²) in [6.07, 6.45) is 4.65. The molecule has 208 valence electrons. The summed E-state index contributed by atoms with van der Waals surface area (Å²) in [6, 6.07) is 6.75. The van der Waals surface area contributed by atoms with Gasteiger partial charge in [0.15, 0.2) is 11.6 Å². The summed E-state index contributed by atoms with van der Waals surface area (Å²) in [7, 11) is 0. The Morgan fingerprint density at radius 1 is 1.07 bits per heavy atom. The van der Waals surface area contributed by atoms with Crippen LogP contribution in [0.3, 0.4) is 0 Å². The molecule has 0 saturated heterocycles. The summed E-state index contributed by atoms with van der Waals surface area (Å²) in [6.45, 7) is 1.98. The summed E-state index contributed by atoms with van der Waals surface area (Å²) >= 11 is 18.5. The summed E-state index contributed by atoms with van der Waals surface area (Å²) in [5.74, 6) is -3.11. The Morgan fingerprint density at radius 3 is 2.60 bits per heavy atom. The third-order valence-corrected chi connectivity index (χ3v) is 8.33. The number of nitrogens with zero attached hydrogens (tertiary/aromatic N) is 2. The molecule has 1 unspecified atom stereocenters. The molecule has 2 aromatic carbocycles. The minimum absolute atomic E-state index is 0.0115. The highest BCUT2D eigenvalue weighted by atomic mass is 35.5. The molecule has 0 fully saturated rings. The number of pyridine rings is 1. The van der Waals surface area contributed by atoms with Gasteiger partial charge in [0.2, 0.25) is 11.8 Å². The highest BCUT2D eigenvalue weighted by molar-refractivity contribution is 6.40. The number of fused-ring (bicyclic) bond motifs is 4. The molecule has 1 aromatic heterocycles. The Morgan fingerprint density at radius 2 is 1.85 bits per heavy atom. The zero-order valence-corrected chi connectivity index (χ0v) is 23.5. The quantitative estimate of drug-likeness (QED) is 0.292. The number of amides is 2. The molecule has 2 N–H and O–H groups in total. The maximum atomic E-state index is 14.7. The number of aromatic nitrogens is 1. The molecule has 40 heavy (non-hydrogen) atoms. The molecule has 0 aliphatic carbocycles. The zero-order chi connectivity index (χ0) is 28.7. The second-order valence-electron chi connectivity index (χ2n) is 9.92. The number of rotatable bonds is 2. The van der Waals surface area contributed by atoms with E-state index in [2.05, 4.69) is 10.3 Å². The van der Waals surface area contributed by atoms with Gasteiger partial charge in [-0.05, 0) is 60.7 Å². The van der Waals surface area contributed by atoms with Crippen LogP contribution < -0.4 is 5.32 Å². The van der Waals surface area contributed by atoms with Crippen molar-refractivity contribution >= 4 is 57.9 Å². The van der Waals surface area contributed by atoms with E-state index in [0.717, 1.165) is 12.1 Å². The number of anilines is 1. The molecular formula is C29H24Cl3F2N3O3. The lowest BCUT2D eigenvalue weighted by molar-refractivity contribution is -0.129. The number of carbonyl (C=O) groups excluding carboxylic acids is 2. The zero-order valence-electron chi connectivity index (χ0n) is 21.3. The number of phenolic OH excluding ortho intramolecular Hbond substituents is 1. The van der Waals surface area contributed by atoms with Crippen LogP contribution in [0, 0.1) is 17.6 Å². The molecule has 3 heterocycles. The lowest BCUT2D eigenvalue weighted by atomic mass is 9.92. The van der Waals surface area contributed by atoms with E-state index in [9.17, 15) is 23.5 Å². The topological polar surface area (TPSA) is 82.5 Å². The molecule has 2 amide bonds. The van der Waals surface area contributed by atoms with Crippen LogP contribution in [0.5, 0.6) is 5.75 Å². The fourth-order valence-corrected chi connectivity index (χ4v) is 5.86. The fourth-order valence-electron chi connectivity index (χ4n) is 5.20. The molecule has 0 spiro atoms. The van der Waals surface area contributed by atoms with E-state index in [1.165, 1.54) is 12.1 Å². The molecule has 2 atom stereocenters. The second-order valence-corrected chi connectivity index (χ2v) is 11.1. The van der Waals surface area contributed by atoms with Gasteiger partial charge < -0.3 is 15.3 Å². The first kappa shape index (κ1) is 28.3. The van der Waals surface area contributed by atoms with Crippen molar-refractivity contribution in [3.05, 3.63) is 80.6 Å². The normalized spacial score (nSPS) is 19.8. The molecule has 3 aromatic rings. The van der Waals surface area contributed by atoms with Gasteiger partial charge in [0.05, 0.1) is 33.0 Å². The molecule has 0 radical (unpaired) electrons. The van der Waals surface area contributed by atoms with Crippen LogP contribution in [0.2, 0.25) is 15.1 Å². The first-order valence-electron chi connectivity index (χ1n) is 12.7. The molecule has 2 aliphatic rings. The highest BCUT2D eigenvalue weighted by Crippen LogP contribution is 2.45. The standard InChI is InChI=1S/C29H24Cl3F2N3O3/c1-14-3-2-4-22(37-10-8-16(12-23(37)38)24-20(33)6-5-18(30)26(24)34)21-11-15(7-9-35-21)17-13-19(31)28(39)25(32)27(17)36-29(14)40/h5-7,9,11-14,22,39H,2-4,8,10H2,1H3,(H,36,40)/t14?,22-/m0/s1. The van der Waals surface area contributed by atoms with Gasteiger partial charge in [-0.3, -0.25) is 14.6 Å². The monoisotopic (exact) mass is 605 g/mol. The van der Waals surface area contributed by atoms with Crippen LogP contribution in [0.25, 0.3) is 16.7 Å². The summed E-state index contributed by atoms with van der Waals surface area (Å²) in [5, 5.41) is 12.9. The Hall–Kier alpha value is -3.20. The molecular weight excluding hydrogens is 583 g/mol. The average molecular weight is 607 g/mol. The van der Waals surface area contributed by atoms with Crippen molar-refractivity contribution in [3.63, 3.8) is 0 Å². The van der Waals surface area contributed by atoms with Crippen molar-refractivity contribution in [2.75, 3.05) is 11.9 Å². The Balaban J connectivity index is 1.57. The fraction of sp³-hybridized carbons (Fsp3) is 0.276. The Bertz CT molecular complexity index is 1560. The third-order valence-electron chi connectivity index (χ3n) is 7.38. The van der Waals surface area contributed by atoms with Gasteiger partial charge in [0.25, 0.3) is 0 Å². The summed E-state index contributed by atoms with van der Waals surface area (Å²) in [4.78, 5) is 32.6. The maximum Gasteiger partial charge on any atom is 0.247 e. The number of aromatic hydroxyl groups is 1. The highest BCUT2D eigenvalue weighted by Gasteiger charge is 2.32. The van der Waals surface area contributed by atoms with Crippen molar-refractivity contribution in [2.45, 2.75) is 38.6 Å².